The van der Waals surface area contributed by atoms with Crippen LogP contribution in [0.25, 0.3) is 0 Å². The molecule has 88 valence electrons. The van der Waals surface area contributed by atoms with Gasteiger partial charge in [0.25, 0.3) is 0 Å². The molecule has 0 aliphatic rings. The minimum atomic E-state index is -4.07. The molecule has 0 fully saturated rings. The van der Waals surface area contributed by atoms with E-state index in [1.807, 2.05) is 0 Å². The standard InChI is InChI=1S/C8H7Cl2NO4S/c1-4(12)15-8-6(10)2-5(9)3-7(8)16(11,13)14/h2-3H,1H3,(H2,11,13,14). The molecule has 0 saturated heterocycles. The van der Waals surface area contributed by atoms with Gasteiger partial charge in [-0.05, 0) is 12.1 Å². The fourth-order valence-electron chi connectivity index (χ4n) is 0.991. The maximum absolute atomic E-state index is 11.2. The second-order valence-corrected chi connectivity index (χ2v) is 5.23. The van der Waals surface area contributed by atoms with E-state index < -0.39 is 20.9 Å². The Morgan fingerprint density at radius 3 is 2.38 bits per heavy atom. The fourth-order valence-corrected chi connectivity index (χ4v) is 2.34. The zero-order valence-electron chi connectivity index (χ0n) is 8.03. The van der Waals surface area contributed by atoms with Gasteiger partial charge in [0, 0.05) is 11.9 Å². The Balaban J connectivity index is 3.51. The molecule has 5 nitrogen and oxygen atoms in total. The molecule has 0 unspecified atom stereocenters. The second kappa shape index (κ2) is 4.58. The molecule has 0 aromatic heterocycles. The largest absolute Gasteiger partial charge is 0.424 e. The van der Waals surface area contributed by atoms with Crippen molar-refractivity contribution in [3.05, 3.63) is 22.2 Å². The minimum Gasteiger partial charge on any atom is -0.424 e. The van der Waals surface area contributed by atoms with E-state index in [0.29, 0.717) is 0 Å². The van der Waals surface area contributed by atoms with E-state index in [4.69, 9.17) is 28.3 Å². The van der Waals surface area contributed by atoms with Crippen LogP contribution in [0.4, 0.5) is 0 Å². The van der Waals surface area contributed by atoms with E-state index in [1.54, 1.807) is 0 Å². The van der Waals surface area contributed by atoms with Crippen LogP contribution in [0.2, 0.25) is 10.0 Å². The summed E-state index contributed by atoms with van der Waals surface area (Å²) in [6.45, 7) is 1.11. The van der Waals surface area contributed by atoms with Gasteiger partial charge in [0.15, 0.2) is 5.75 Å². The van der Waals surface area contributed by atoms with Crippen molar-refractivity contribution >= 4 is 39.2 Å². The van der Waals surface area contributed by atoms with Crippen molar-refractivity contribution in [2.45, 2.75) is 11.8 Å². The average Bonchev–Trinajstić information content (AvgIpc) is 2.06. The van der Waals surface area contributed by atoms with Gasteiger partial charge in [-0.15, -0.1) is 0 Å². The molecule has 0 amide bonds. The van der Waals surface area contributed by atoms with Crippen molar-refractivity contribution in [1.29, 1.82) is 0 Å². The Morgan fingerprint density at radius 1 is 1.38 bits per heavy atom. The molecule has 0 bridgehead atoms. The quantitative estimate of drug-likeness (QED) is 0.659. The van der Waals surface area contributed by atoms with Crippen molar-refractivity contribution in [2.75, 3.05) is 0 Å². The molecule has 0 radical (unpaired) electrons. The Hall–Kier alpha value is -0.820. The highest BCUT2D eigenvalue weighted by atomic mass is 35.5. The Labute approximate surface area is 102 Å². The number of carbonyl (C=O) groups excluding carboxylic acids is 1. The van der Waals surface area contributed by atoms with E-state index in [-0.39, 0.29) is 15.8 Å². The lowest BCUT2D eigenvalue weighted by atomic mass is 10.3. The van der Waals surface area contributed by atoms with Crippen LogP contribution in [0.1, 0.15) is 6.92 Å². The highest BCUT2D eigenvalue weighted by molar-refractivity contribution is 7.89. The molecule has 0 spiro atoms. The highest BCUT2D eigenvalue weighted by Gasteiger charge is 2.20. The van der Waals surface area contributed by atoms with E-state index in [9.17, 15) is 13.2 Å². The van der Waals surface area contributed by atoms with Crippen LogP contribution in [0.3, 0.4) is 0 Å². The average molecular weight is 284 g/mol. The van der Waals surface area contributed by atoms with Crippen molar-refractivity contribution in [3.63, 3.8) is 0 Å². The molecule has 1 aromatic rings. The van der Waals surface area contributed by atoms with Gasteiger partial charge in [0.05, 0.1) is 5.02 Å². The third-order valence-corrected chi connectivity index (χ3v) is 2.94. The number of sulfonamides is 1. The first-order valence-corrected chi connectivity index (χ1v) is 6.22. The number of hydrogen-bond acceptors (Lipinski definition) is 4. The molecule has 8 heteroatoms. The van der Waals surface area contributed by atoms with Crippen molar-refractivity contribution in [2.24, 2.45) is 5.14 Å². The summed E-state index contributed by atoms with van der Waals surface area (Å²) in [6, 6.07) is 2.30. The Morgan fingerprint density at radius 2 is 1.94 bits per heavy atom. The van der Waals surface area contributed by atoms with Crippen molar-refractivity contribution < 1.29 is 17.9 Å². The molecule has 0 atom stereocenters. The van der Waals surface area contributed by atoms with Crippen LogP contribution in [0.15, 0.2) is 17.0 Å². The first-order chi connectivity index (χ1) is 7.21. The molecular weight excluding hydrogens is 277 g/mol. The summed E-state index contributed by atoms with van der Waals surface area (Å²) in [5.41, 5.74) is 0. The summed E-state index contributed by atoms with van der Waals surface area (Å²) in [5, 5.41) is 4.90. The summed E-state index contributed by atoms with van der Waals surface area (Å²) >= 11 is 11.3. The SMILES string of the molecule is CC(=O)Oc1c(Cl)cc(Cl)cc1S(N)(=O)=O. The zero-order chi connectivity index (χ0) is 12.5. The second-order valence-electron chi connectivity index (χ2n) is 2.85. The van der Waals surface area contributed by atoms with Gasteiger partial charge in [-0.3, -0.25) is 4.79 Å². The zero-order valence-corrected chi connectivity index (χ0v) is 10.4. The highest BCUT2D eigenvalue weighted by Crippen LogP contribution is 2.34. The van der Waals surface area contributed by atoms with Gasteiger partial charge in [-0.2, -0.15) is 0 Å². The molecule has 0 aliphatic carbocycles. The molecule has 16 heavy (non-hydrogen) atoms. The van der Waals surface area contributed by atoms with Gasteiger partial charge in [-0.25, -0.2) is 13.6 Å². The summed E-state index contributed by atoms with van der Waals surface area (Å²) in [7, 11) is -4.07. The van der Waals surface area contributed by atoms with Gasteiger partial charge < -0.3 is 4.74 Å². The number of benzene rings is 1. The monoisotopic (exact) mass is 283 g/mol. The van der Waals surface area contributed by atoms with Crippen molar-refractivity contribution in [1.82, 2.24) is 0 Å². The third kappa shape index (κ3) is 3.08. The van der Waals surface area contributed by atoms with Gasteiger partial charge in [-0.1, -0.05) is 23.2 Å². The van der Waals surface area contributed by atoms with Crippen LogP contribution < -0.4 is 9.88 Å². The van der Waals surface area contributed by atoms with Gasteiger partial charge in [0.2, 0.25) is 10.0 Å². The van der Waals surface area contributed by atoms with E-state index >= 15 is 0 Å². The molecule has 0 heterocycles. The van der Waals surface area contributed by atoms with Crippen LogP contribution >= 0.6 is 23.2 Å². The lowest BCUT2D eigenvalue weighted by Gasteiger charge is -2.09. The number of ether oxygens (including phenoxy) is 1. The van der Waals surface area contributed by atoms with Gasteiger partial charge in [0.1, 0.15) is 4.90 Å². The number of hydrogen-bond donors (Lipinski definition) is 1. The minimum absolute atomic E-state index is 0.0740. The maximum Gasteiger partial charge on any atom is 0.308 e. The smallest absolute Gasteiger partial charge is 0.308 e. The first-order valence-electron chi connectivity index (χ1n) is 3.92. The van der Waals surface area contributed by atoms with E-state index in [1.165, 1.54) is 6.07 Å². The van der Waals surface area contributed by atoms with Crippen LogP contribution in [-0.4, -0.2) is 14.4 Å². The molecule has 0 saturated carbocycles. The van der Waals surface area contributed by atoms with Crippen molar-refractivity contribution in [3.8, 4) is 5.75 Å². The van der Waals surface area contributed by atoms with E-state index in [2.05, 4.69) is 4.74 Å². The molecular formula is C8H7Cl2NO4S. The van der Waals surface area contributed by atoms with Crippen LogP contribution in [0, 0.1) is 0 Å². The third-order valence-electron chi connectivity index (χ3n) is 1.53. The summed E-state index contributed by atoms with van der Waals surface area (Å²) in [6.07, 6.45) is 0. The predicted octanol–water partition coefficient (Wildman–Crippen LogP) is 1.57. The van der Waals surface area contributed by atoms with Gasteiger partial charge >= 0.3 is 5.97 Å². The number of carbonyl (C=O) groups is 1. The maximum atomic E-state index is 11.2. The number of primary sulfonamides is 1. The summed E-state index contributed by atoms with van der Waals surface area (Å²) in [5.74, 6) is -1.03. The number of esters is 1. The normalized spacial score (nSPS) is 11.2. The van der Waals surface area contributed by atoms with Crippen LogP contribution in [0.5, 0.6) is 5.75 Å². The van der Waals surface area contributed by atoms with E-state index in [0.717, 1.165) is 13.0 Å². The Kier molecular flexibility index (Phi) is 3.80. The molecule has 1 rings (SSSR count). The lowest BCUT2D eigenvalue weighted by molar-refractivity contribution is -0.132. The summed E-state index contributed by atoms with van der Waals surface area (Å²) in [4.78, 5) is 10.3. The first kappa shape index (κ1) is 13.2. The number of rotatable bonds is 2. The summed E-state index contributed by atoms with van der Waals surface area (Å²) < 4.78 is 27.1. The fraction of sp³-hybridized carbons (Fsp3) is 0.125. The number of nitrogens with two attached hydrogens (primary N) is 1. The number of halogens is 2. The molecule has 1 aromatic carbocycles. The molecule has 0 aliphatic heterocycles. The topological polar surface area (TPSA) is 86.5 Å². The molecule has 2 N–H and O–H groups in total. The Bertz CT molecular complexity index is 541. The predicted molar refractivity (Wildman–Crippen MR) is 59.1 cm³/mol. The lowest BCUT2D eigenvalue weighted by Crippen LogP contribution is -2.15. The van der Waals surface area contributed by atoms with Crippen LogP contribution in [-0.2, 0) is 14.8 Å².